The highest BCUT2D eigenvalue weighted by molar-refractivity contribution is 5.45. The smallest absolute Gasteiger partial charge is 0.154 e. The van der Waals surface area contributed by atoms with E-state index in [-0.39, 0.29) is 5.41 Å². The van der Waals surface area contributed by atoms with Crippen LogP contribution < -0.4 is 0 Å². The minimum Gasteiger partial charge on any atom is -0.154 e. The van der Waals surface area contributed by atoms with E-state index in [1.807, 2.05) is 0 Å². The SMILES string of the molecule is C1CCC2(CC1)CC1(N=N1)C1(N=N1)C1(N=N1)C21N=N1. The second-order valence-electron chi connectivity index (χ2n) is 6.65. The number of hydrogen-bond donors (Lipinski definition) is 0. The van der Waals surface area contributed by atoms with Gasteiger partial charge in [0.25, 0.3) is 11.3 Å². The fourth-order valence-corrected chi connectivity index (χ4v) is 4.71. The average Bonchev–Trinajstić information content (AvgIpc) is 3.26. The molecule has 0 unspecified atom stereocenters. The van der Waals surface area contributed by atoms with E-state index in [0.29, 0.717) is 0 Å². The van der Waals surface area contributed by atoms with Gasteiger partial charge in [0.2, 0.25) is 11.3 Å². The molecule has 0 amide bonds. The van der Waals surface area contributed by atoms with Gasteiger partial charge in [0, 0.05) is 11.8 Å². The molecule has 0 atom stereocenters. The molecule has 8 heteroatoms. The fraction of sp³-hybridized carbons (Fsp3) is 1.00. The highest BCUT2D eigenvalue weighted by Gasteiger charge is 2.97. The highest BCUT2D eigenvalue weighted by atomic mass is 15.7. The molecule has 5 spiro atoms. The molecule has 0 bridgehead atoms. The van der Waals surface area contributed by atoms with Crippen LogP contribution in [0.5, 0.6) is 0 Å². The van der Waals surface area contributed by atoms with Gasteiger partial charge in [-0.05, 0) is 12.8 Å². The summed E-state index contributed by atoms with van der Waals surface area (Å²) in [5, 5.41) is 34.8. The van der Waals surface area contributed by atoms with Gasteiger partial charge in [-0.3, -0.25) is 0 Å². The van der Waals surface area contributed by atoms with Crippen LogP contribution in [0.15, 0.2) is 40.9 Å². The summed E-state index contributed by atoms with van der Waals surface area (Å²) >= 11 is 0. The number of fused-ring (bicyclic) bond motifs is 4. The summed E-state index contributed by atoms with van der Waals surface area (Å²) in [7, 11) is 0. The molecule has 0 N–H and O–H groups in total. The standard InChI is InChI=1S/C11H12N8/c1-2-4-7(5-3-1)6-8(12-13-8)10(16-17-10)11(18-19-11)9(7)14-15-9/h1-6H2. The molecule has 2 fully saturated rings. The lowest BCUT2D eigenvalue weighted by Gasteiger charge is -2.49. The van der Waals surface area contributed by atoms with Crippen molar-refractivity contribution >= 4 is 0 Å². The summed E-state index contributed by atoms with van der Waals surface area (Å²) < 4.78 is 0. The van der Waals surface area contributed by atoms with E-state index in [0.717, 1.165) is 19.3 Å². The molecular formula is C11H12N8. The first-order chi connectivity index (χ1) is 9.24. The third-order valence-corrected chi connectivity index (χ3v) is 5.91. The Kier molecular flexibility index (Phi) is 1.06. The van der Waals surface area contributed by atoms with Crippen LogP contribution >= 0.6 is 0 Å². The van der Waals surface area contributed by atoms with E-state index in [1.54, 1.807) is 0 Å². The number of hydrogen-bond acceptors (Lipinski definition) is 8. The largest absolute Gasteiger partial charge is 0.292 e. The molecule has 96 valence electrons. The van der Waals surface area contributed by atoms with Gasteiger partial charge in [-0.2, -0.15) is 20.5 Å². The lowest BCUT2D eigenvalue weighted by Crippen LogP contribution is -2.68. The van der Waals surface area contributed by atoms with Crippen LogP contribution in [0.2, 0.25) is 0 Å². The number of nitrogens with zero attached hydrogens (tertiary/aromatic N) is 8. The first kappa shape index (κ1) is 9.33. The average molecular weight is 256 g/mol. The molecular weight excluding hydrogens is 244 g/mol. The first-order valence-electron chi connectivity index (χ1n) is 7.00. The Bertz CT molecular complexity index is 613. The van der Waals surface area contributed by atoms with Gasteiger partial charge in [0.1, 0.15) is 0 Å². The third-order valence-electron chi connectivity index (χ3n) is 5.91. The lowest BCUT2D eigenvalue weighted by molar-refractivity contribution is -0.00861. The molecule has 4 heterocycles. The maximum absolute atomic E-state index is 4.45. The predicted molar refractivity (Wildman–Crippen MR) is 60.5 cm³/mol. The monoisotopic (exact) mass is 256 g/mol. The van der Waals surface area contributed by atoms with Gasteiger partial charge in [-0.15, -0.1) is 20.5 Å². The number of rotatable bonds is 0. The van der Waals surface area contributed by atoms with Crippen molar-refractivity contribution in [1.29, 1.82) is 0 Å². The Morgan fingerprint density at radius 2 is 1.11 bits per heavy atom. The summed E-state index contributed by atoms with van der Waals surface area (Å²) in [5.41, 5.74) is -2.35. The molecule has 0 aromatic heterocycles. The molecule has 2 aliphatic carbocycles. The van der Waals surface area contributed by atoms with Crippen LogP contribution in [-0.2, 0) is 0 Å². The maximum atomic E-state index is 4.45. The molecule has 0 radical (unpaired) electrons. The van der Waals surface area contributed by atoms with Gasteiger partial charge in [-0.1, -0.05) is 19.3 Å². The molecule has 6 aliphatic rings. The first-order valence-corrected chi connectivity index (χ1v) is 7.00. The second kappa shape index (κ2) is 2.16. The molecule has 6 rings (SSSR count). The topological polar surface area (TPSA) is 98.9 Å². The van der Waals surface area contributed by atoms with Crippen LogP contribution in [0.1, 0.15) is 38.5 Å². The van der Waals surface area contributed by atoms with E-state index >= 15 is 0 Å². The van der Waals surface area contributed by atoms with Gasteiger partial charge in [0.05, 0.1) is 0 Å². The Morgan fingerprint density at radius 3 is 1.58 bits per heavy atom. The second-order valence-corrected chi connectivity index (χ2v) is 6.65. The van der Waals surface area contributed by atoms with Crippen LogP contribution in [0.4, 0.5) is 0 Å². The highest BCUT2D eigenvalue weighted by Crippen LogP contribution is 2.79. The summed E-state index contributed by atoms with van der Waals surface area (Å²) in [5.74, 6) is 0. The minimum atomic E-state index is -0.695. The van der Waals surface area contributed by atoms with Crippen molar-refractivity contribution in [3.05, 3.63) is 0 Å². The summed E-state index contributed by atoms with van der Waals surface area (Å²) in [6.07, 6.45) is 6.85. The maximum Gasteiger partial charge on any atom is 0.292 e. The van der Waals surface area contributed by atoms with E-state index in [9.17, 15) is 0 Å². The molecule has 19 heavy (non-hydrogen) atoms. The fourth-order valence-electron chi connectivity index (χ4n) is 4.71. The van der Waals surface area contributed by atoms with E-state index < -0.39 is 22.7 Å². The summed E-state index contributed by atoms with van der Waals surface area (Å²) in [6.45, 7) is 0. The zero-order chi connectivity index (χ0) is 12.4. The van der Waals surface area contributed by atoms with Crippen LogP contribution in [0.25, 0.3) is 0 Å². The van der Waals surface area contributed by atoms with Crippen molar-refractivity contribution in [3.63, 3.8) is 0 Å². The van der Waals surface area contributed by atoms with Crippen molar-refractivity contribution in [2.75, 3.05) is 0 Å². The predicted octanol–water partition coefficient (Wildman–Crippen LogP) is 2.99. The minimum absolute atomic E-state index is 0.0249. The lowest BCUT2D eigenvalue weighted by atomic mass is 9.53. The van der Waals surface area contributed by atoms with E-state index in [2.05, 4.69) is 40.9 Å². The normalized spacial score (nSPS) is 39.6. The van der Waals surface area contributed by atoms with Crippen molar-refractivity contribution < 1.29 is 0 Å². The van der Waals surface area contributed by atoms with Crippen molar-refractivity contribution in [1.82, 2.24) is 0 Å². The summed E-state index contributed by atoms with van der Waals surface area (Å²) in [6, 6.07) is 0. The molecule has 8 nitrogen and oxygen atoms in total. The molecule has 0 aromatic rings. The van der Waals surface area contributed by atoms with Crippen molar-refractivity contribution in [2.45, 2.75) is 61.2 Å². The zero-order valence-electron chi connectivity index (χ0n) is 10.3. The van der Waals surface area contributed by atoms with Gasteiger partial charge in [0.15, 0.2) is 0 Å². The van der Waals surface area contributed by atoms with Gasteiger partial charge >= 0.3 is 0 Å². The van der Waals surface area contributed by atoms with Crippen LogP contribution in [0, 0.1) is 5.41 Å². The molecule has 0 aromatic carbocycles. The van der Waals surface area contributed by atoms with Crippen LogP contribution in [-0.4, -0.2) is 22.7 Å². The Morgan fingerprint density at radius 1 is 0.526 bits per heavy atom. The summed E-state index contributed by atoms with van der Waals surface area (Å²) in [4.78, 5) is 0. The molecule has 4 aliphatic heterocycles. The van der Waals surface area contributed by atoms with E-state index in [4.69, 9.17) is 0 Å². The van der Waals surface area contributed by atoms with Crippen molar-refractivity contribution in [3.8, 4) is 0 Å². The molecule has 2 saturated carbocycles. The Balaban J connectivity index is 1.54. The Hall–Kier alpha value is -1.60. The van der Waals surface area contributed by atoms with Gasteiger partial charge in [-0.25, -0.2) is 0 Å². The van der Waals surface area contributed by atoms with Crippen LogP contribution in [0.3, 0.4) is 0 Å². The zero-order valence-corrected chi connectivity index (χ0v) is 10.3. The van der Waals surface area contributed by atoms with Gasteiger partial charge < -0.3 is 0 Å². The van der Waals surface area contributed by atoms with E-state index in [1.165, 1.54) is 19.3 Å². The third kappa shape index (κ3) is 0.686. The Labute approximate surface area is 108 Å². The quantitative estimate of drug-likeness (QED) is 0.636. The molecule has 0 saturated heterocycles. The van der Waals surface area contributed by atoms with Crippen molar-refractivity contribution in [2.24, 2.45) is 46.3 Å².